The summed E-state index contributed by atoms with van der Waals surface area (Å²) >= 11 is 0. The minimum atomic E-state index is 0.0335. The van der Waals surface area contributed by atoms with Gasteiger partial charge in [0.05, 0.1) is 23.6 Å². The minimum absolute atomic E-state index is 0.0335. The molecule has 27 heavy (non-hydrogen) atoms. The summed E-state index contributed by atoms with van der Waals surface area (Å²) < 4.78 is 1.96. The number of anilines is 2. The van der Waals surface area contributed by atoms with E-state index in [1.165, 1.54) is 0 Å². The van der Waals surface area contributed by atoms with Gasteiger partial charge in [0.1, 0.15) is 0 Å². The Hall–Kier alpha value is -3.16. The number of benzene rings is 1. The van der Waals surface area contributed by atoms with Crippen molar-refractivity contribution < 1.29 is 4.79 Å². The zero-order chi connectivity index (χ0) is 18.5. The maximum atomic E-state index is 12.1. The second-order valence-corrected chi connectivity index (χ2v) is 7.25. The summed E-state index contributed by atoms with van der Waals surface area (Å²) in [5, 5.41) is 15.5. The van der Waals surface area contributed by atoms with E-state index in [0.29, 0.717) is 6.54 Å². The summed E-state index contributed by atoms with van der Waals surface area (Å²) in [6, 6.07) is 8.56. The molecule has 0 radical (unpaired) electrons. The van der Waals surface area contributed by atoms with Gasteiger partial charge in [0.25, 0.3) is 0 Å². The van der Waals surface area contributed by atoms with Crippen molar-refractivity contribution in [3.63, 3.8) is 0 Å². The number of carbonyl (C=O) groups excluding carboxylic acids is 1. The van der Waals surface area contributed by atoms with Crippen molar-refractivity contribution in [2.45, 2.75) is 13.0 Å². The number of likely N-dealkylation sites (N-methyl/N-ethyl adjacent to an activating group) is 1. The molecule has 2 amide bonds. The lowest BCUT2D eigenvalue weighted by Crippen LogP contribution is -2.48. The summed E-state index contributed by atoms with van der Waals surface area (Å²) in [6.45, 7) is 5.11. The first kappa shape index (κ1) is 16.0. The molecule has 4 heterocycles. The third-order valence-electron chi connectivity index (χ3n) is 5.50. The second kappa shape index (κ2) is 5.94. The van der Waals surface area contributed by atoms with Crippen LogP contribution in [0.15, 0.2) is 36.7 Å². The van der Waals surface area contributed by atoms with E-state index in [1.807, 2.05) is 37.0 Å². The molecule has 1 aromatic carbocycles. The first-order valence-corrected chi connectivity index (χ1v) is 9.15. The molecule has 2 aliphatic heterocycles. The van der Waals surface area contributed by atoms with Crippen LogP contribution in [0.5, 0.6) is 0 Å². The molecule has 0 N–H and O–H groups in total. The molecule has 0 unspecified atom stereocenters. The number of hydrogen-bond donors (Lipinski definition) is 0. The van der Waals surface area contributed by atoms with Crippen molar-refractivity contribution in [1.29, 1.82) is 0 Å². The number of urea groups is 1. The van der Waals surface area contributed by atoms with E-state index in [4.69, 9.17) is 0 Å². The monoisotopic (exact) mass is 363 g/mol. The topological polar surface area (TPSA) is 70.4 Å². The molecule has 5 rings (SSSR count). The first-order chi connectivity index (χ1) is 13.1. The third kappa shape index (κ3) is 2.51. The molecule has 2 saturated heterocycles. The zero-order valence-electron chi connectivity index (χ0n) is 15.4. The number of nitrogens with zero attached hydrogens (tertiary/aromatic N) is 7. The van der Waals surface area contributed by atoms with Gasteiger partial charge in [0, 0.05) is 50.2 Å². The average molecular weight is 363 g/mol. The van der Waals surface area contributed by atoms with E-state index in [0.717, 1.165) is 47.6 Å². The summed E-state index contributed by atoms with van der Waals surface area (Å²) in [7, 11) is 1.82. The fourth-order valence-corrected chi connectivity index (χ4v) is 3.81. The van der Waals surface area contributed by atoms with E-state index in [2.05, 4.69) is 32.3 Å². The predicted molar refractivity (Wildman–Crippen MR) is 103 cm³/mol. The smallest absolute Gasteiger partial charge is 0.324 e. The van der Waals surface area contributed by atoms with E-state index in [9.17, 15) is 4.79 Å². The highest BCUT2D eigenvalue weighted by atomic mass is 16.2. The van der Waals surface area contributed by atoms with E-state index in [1.54, 1.807) is 16.0 Å². The normalized spacial score (nSPS) is 17.9. The molecular weight excluding hydrogens is 342 g/mol. The van der Waals surface area contributed by atoms with Crippen LogP contribution in [0.2, 0.25) is 0 Å². The van der Waals surface area contributed by atoms with Gasteiger partial charge in [-0.05, 0) is 6.92 Å². The molecule has 2 aliphatic rings. The highest BCUT2D eigenvalue weighted by Gasteiger charge is 2.33. The van der Waals surface area contributed by atoms with Gasteiger partial charge in [-0.1, -0.05) is 24.3 Å². The standard InChI is InChI=1S/C19H21N7O/c1-13-16-5-3-4-6-17(16)18(22-21-13)24-10-15(11-24)26-12-14(9-20-26)25-8-7-23(2)19(25)27/h3-6,9,12,15H,7-8,10-11H2,1-2H3. The van der Waals surface area contributed by atoms with Gasteiger partial charge in [-0.3, -0.25) is 9.58 Å². The van der Waals surface area contributed by atoms with Gasteiger partial charge >= 0.3 is 6.03 Å². The van der Waals surface area contributed by atoms with Crippen LogP contribution in [0.1, 0.15) is 11.7 Å². The molecule has 0 bridgehead atoms. The number of fused-ring (bicyclic) bond motifs is 1. The Morgan fingerprint density at radius 2 is 1.85 bits per heavy atom. The van der Waals surface area contributed by atoms with Crippen molar-refractivity contribution in [3.05, 3.63) is 42.4 Å². The van der Waals surface area contributed by atoms with Gasteiger partial charge in [-0.2, -0.15) is 10.2 Å². The lowest BCUT2D eigenvalue weighted by molar-refractivity contribution is 0.229. The third-order valence-corrected chi connectivity index (χ3v) is 5.50. The Balaban J connectivity index is 1.33. The summed E-state index contributed by atoms with van der Waals surface area (Å²) in [5.41, 5.74) is 1.81. The molecule has 3 aromatic rings. The van der Waals surface area contributed by atoms with Crippen molar-refractivity contribution in [2.24, 2.45) is 0 Å². The number of aryl methyl sites for hydroxylation is 1. The Labute approximate surface area is 157 Å². The molecule has 2 aromatic heterocycles. The van der Waals surface area contributed by atoms with E-state index >= 15 is 0 Å². The maximum absolute atomic E-state index is 12.1. The minimum Gasteiger partial charge on any atom is -0.350 e. The molecule has 0 aliphatic carbocycles. The molecule has 0 saturated carbocycles. The molecule has 0 atom stereocenters. The lowest BCUT2D eigenvalue weighted by Gasteiger charge is -2.40. The van der Waals surface area contributed by atoms with E-state index in [-0.39, 0.29) is 12.1 Å². The van der Waals surface area contributed by atoms with Crippen molar-refractivity contribution in [1.82, 2.24) is 24.9 Å². The van der Waals surface area contributed by atoms with Crippen molar-refractivity contribution in [2.75, 3.05) is 43.0 Å². The zero-order valence-corrected chi connectivity index (χ0v) is 15.4. The number of amides is 2. The predicted octanol–water partition coefficient (Wildman–Crippen LogP) is 2.07. The number of rotatable bonds is 3. The second-order valence-electron chi connectivity index (χ2n) is 7.25. The number of hydrogen-bond acceptors (Lipinski definition) is 5. The summed E-state index contributed by atoms with van der Waals surface area (Å²) in [5.74, 6) is 0.927. The highest BCUT2D eigenvalue weighted by Crippen LogP contribution is 2.32. The maximum Gasteiger partial charge on any atom is 0.324 e. The van der Waals surface area contributed by atoms with Crippen LogP contribution in [-0.4, -0.2) is 64.1 Å². The van der Waals surface area contributed by atoms with Crippen LogP contribution in [-0.2, 0) is 0 Å². The molecule has 8 heteroatoms. The highest BCUT2D eigenvalue weighted by molar-refractivity contribution is 5.94. The van der Waals surface area contributed by atoms with Crippen molar-refractivity contribution >= 4 is 28.3 Å². The summed E-state index contributed by atoms with van der Waals surface area (Å²) in [4.78, 5) is 17.9. The van der Waals surface area contributed by atoms with Crippen LogP contribution in [0.25, 0.3) is 10.8 Å². The number of aromatic nitrogens is 4. The lowest BCUT2D eigenvalue weighted by atomic mass is 10.1. The van der Waals surface area contributed by atoms with Gasteiger partial charge in [0.15, 0.2) is 5.82 Å². The quantitative estimate of drug-likeness (QED) is 0.712. The molecular formula is C19H21N7O. The number of carbonyl (C=O) groups is 1. The van der Waals surface area contributed by atoms with Crippen LogP contribution in [0.4, 0.5) is 16.3 Å². The van der Waals surface area contributed by atoms with Gasteiger partial charge < -0.3 is 9.80 Å². The van der Waals surface area contributed by atoms with Crippen LogP contribution < -0.4 is 9.80 Å². The molecule has 8 nitrogen and oxygen atoms in total. The molecule has 0 spiro atoms. The van der Waals surface area contributed by atoms with Crippen LogP contribution >= 0.6 is 0 Å². The Bertz CT molecular complexity index is 1020. The fraction of sp³-hybridized carbons (Fsp3) is 0.368. The van der Waals surface area contributed by atoms with Gasteiger partial charge in [-0.15, -0.1) is 5.10 Å². The average Bonchev–Trinajstić information content (AvgIpc) is 3.24. The first-order valence-electron chi connectivity index (χ1n) is 9.15. The Morgan fingerprint density at radius 3 is 2.59 bits per heavy atom. The molecule has 138 valence electrons. The van der Waals surface area contributed by atoms with Gasteiger partial charge in [0.2, 0.25) is 0 Å². The fourth-order valence-electron chi connectivity index (χ4n) is 3.81. The summed E-state index contributed by atoms with van der Waals surface area (Å²) in [6.07, 6.45) is 3.75. The Morgan fingerprint density at radius 1 is 1.07 bits per heavy atom. The van der Waals surface area contributed by atoms with Crippen LogP contribution in [0.3, 0.4) is 0 Å². The largest absolute Gasteiger partial charge is 0.350 e. The van der Waals surface area contributed by atoms with Gasteiger partial charge in [-0.25, -0.2) is 4.79 Å². The SMILES string of the molecule is Cc1nnc(N2CC(n3cc(N4CCN(C)C4=O)cn3)C2)c2ccccc12. The molecule has 2 fully saturated rings. The Kier molecular flexibility index (Phi) is 3.53. The van der Waals surface area contributed by atoms with Crippen molar-refractivity contribution in [3.8, 4) is 0 Å². The van der Waals surface area contributed by atoms with E-state index < -0.39 is 0 Å². The van der Waals surface area contributed by atoms with Crippen LogP contribution in [0, 0.1) is 6.92 Å².